The first-order valence-corrected chi connectivity index (χ1v) is 6.36. The van der Waals surface area contributed by atoms with Crippen molar-refractivity contribution >= 4 is 11.5 Å². The Morgan fingerprint density at radius 3 is 2.86 bits per heavy atom. The maximum absolute atomic E-state index is 10.2. The second-order valence-corrected chi connectivity index (χ2v) is 4.41. The van der Waals surface area contributed by atoms with Crippen LogP contribution in [-0.2, 0) is 0 Å². The van der Waals surface area contributed by atoms with Crippen molar-refractivity contribution in [1.82, 2.24) is 25.0 Å². The van der Waals surface area contributed by atoms with E-state index in [-0.39, 0.29) is 0 Å². The van der Waals surface area contributed by atoms with E-state index in [1.165, 1.54) is 4.52 Å². The molecule has 0 fully saturated rings. The number of fused-ring (bicyclic) bond motifs is 1. The average molecular weight is 286 g/mol. The molecule has 8 nitrogen and oxygen atoms in total. The molecule has 0 unspecified atom stereocenters. The van der Waals surface area contributed by atoms with Crippen LogP contribution in [0, 0.1) is 0 Å². The number of anilines is 1. The molecule has 108 valence electrons. The molecule has 2 aromatic heterocycles. The molecule has 0 aliphatic rings. The molecule has 2 heterocycles. The number of methoxy groups -OCH3 is 1. The fraction of sp³-hybridized carbons (Fsp3) is 0.231. The lowest BCUT2D eigenvalue weighted by molar-refractivity contribution is 0.191. The lowest BCUT2D eigenvalue weighted by Gasteiger charge is -2.13. The molecule has 21 heavy (non-hydrogen) atoms. The van der Waals surface area contributed by atoms with Gasteiger partial charge in [0.1, 0.15) is 5.75 Å². The zero-order valence-electron chi connectivity index (χ0n) is 11.3. The van der Waals surface area contributed by atoms with Gasteiger partial charge in [0.25, 0.3) is 0 Å². The smallest absolute Gasteiger partial charge is 0.199 e. The number of hydrogen-bond donors (Lipinski definition) is 2. The summed E-state index contributed by atoms with van der Waals surface area (Å²) in [5.74, 6) is 1.37. The Bertz CT molecular complexity index is 727. The van der Waals surface area contributed by atoms with Crippen LogP contribution in [0.5, 0.6) is 5.75 Å². The van der Waals surface area contributed by atoms with Crippen molar-refractivity contribution in [1.29, 1.82) is 0 Å². The van der Waals surface area contributed by atoms with E-state index >= 15 is 0 Å². The van der Waals surface area contributed by atoms with E-state index in [2.05, 4.69) is 25.8 Å². The normalized spacial score (nSPS) is 12.3. The number of nitrogens with zero attached hydrogens (tertiary/aromatic N) is 5. The van der Waals surface area contributed by atoms with Gasteiger partial charge < -0.3 is 15.2 Å². The van der Waals surface area contributed by atoms with Crippen molar-refractivity contribution in [2.45, 2.75) is 6.10 Å². The zero-order chi connectivity index (χ0) is 14.7. The number of aliphatic hydroxyl groups excluding tert-OH is 1. The summed E-state index contributed by atoms with van der Waals surface area (Å²) in [6.07, 6.45) is 2.50. The molecule has 8 heteroatoms. The van der Waals surface area contributed by atoms with E-state index in [9.17, 15) is 5.11 Å². The first-order valence-electron chi connectivity index (χ1n) is 6.36. The Kier molecular flexibility index (Phi) is 3.61. The van der Waals surface area contributed by atoms with Gasteiger partial charge in [-0.1, -0.05) is 12.1 Å². The van der Waals surface area contributed by atoms with E-state index in [1.54, 1.807) is 19.5 Å². The van der Waals surface area contributed by atoms with Crippen molar-refractivity contribution in [2.24, 2.45) is 0 Å². The van der Waals surface area contributed by atoms with Crippen LogP contribution in [0.3, 0.4) is 0 Å². The highest BCUT2D eigenvalue weighted by Gasteiger charge is 2.09. The Hall–Kier alpha value is -2.74. The minimum absolute atomic E-state index is 0.312. The van der Waals surface area contributed by atoms with Crippen molar-refractivity contribution in [3.05, 3.63) is 42.2 Å². The maximum Gasteiger partial charge on any atom is 0.199 e. The van der Waals surface area contributed by atoms with Crippen LogP contribution in [-0.4, -0.2) is 43.8 Å². The number of benzene rings is 1. The minimum Gasteiger partial charge on any atom is -0.497 e. The van der Waals surface area contributed by atoms with Gasteiger partial charge in [0.2, 0.25) is 0 Å². The molecule has 0 saturated heterocycles. The predicted octanol–water partition coefficient (Wildman–Crippen LogP) is 0.673. The Morgan fingerprint density at radius 1 is 1.29 bits per heavy atom. The standard InChI is InChI=1S/C13H14N6O2/c1-21-10-4-2-9(3-5-10)11(20)6-15-12-7-14-8-13-16-17-18-19(12)13/h2-5,7-8,11,15,20H,6H2,1H3/t11-/m1/s1. The molecule has 3 aromatic rings. The van der Waals surface area contributed by atoms with Gasteiger partial charge >= 0.3 is 0 Å². The third-order valence-corrected chi connectivity index (χ3v) is 3.09. The topological polar surface area (TPSA) is 97.5 Å². The summed E-state index contributed by atoms with van der Waals surface area (Å²) in [6, 6.07) is 7.26. The van der Waals surface area contributed by atoms with Crippen LogP contribution >= 0.6 is 0 Å². The Balaban J connectivity index is 1.70. The molecular weight excluding hydrogens is 272 g/mol. The van der Waals surface area contributed by atoms with Gasteiger partial charge in [0, 0.05) is 6.54 Å². The first-order chi connectivity index (χ1) is 10.3. The molecule has 1 aromatic carbocycles. The third kappa shape index (κ3) is 2.75. The molecule has 0 spiro atoms. The summed E-state index contributed by atoms with van der Waals surface area (Å²) >= 11 is 0. The van der Waals surface area contributed by atoms with Crippen molar-refractivity contribution in [3.8, 4) is 5.75 Å². The third-order valence-electron chi connectivity index (χ3n) is 3.09. The number of ether oxygens (including phenoxy) is 1. The highest BCUT2D eigenvalue weighted by atomic mass is 16.5. The van der Waals surface area contributed by atoms with Gasteiger partial charge in [0.05, 0.1) is 25.6 Å². The van der Waals surface area contributed by atoms with Crippen molar-refractivity contribution in [3.63, 3.8) is 0 Å². The van der Waals surface area contributed by atoms with Crippen LogP contribution in [0.1, 0.15) is 11.7 Å². The van der Waals surface area contributed by atoms with Crippen LogP contribution in [0.2, 0.25) is 0 Å². The lowest BCUT2D eigenvalue weighted by atomic mass is 10.1. The second kappa shape index (κ2) is 5.71. The molecule has 2 N–H and O–H groups in total. The summed E-state index contributed by atoms with van der Waals surface area (Å²) < 4.78 is 6.61. The molecule has 0 bridgehead atoms. The molecule has 0 aliphatic carbocycles. The van der Waals surface area contributed by atoms with Crippen molar-refractivity contribution < 1.29 is 9.84 Å². The molecule has 0 radical (unpaired) electrons. The number of nitrogens with one attached hydrogen (secondary N) is 1. The van der Waals surface area contributed by atoms with E-state index in [0.717, 1.165) is 11.3 Å². The van der Waals surface area contributed by atoms with E-state index in [4.69, 9.17) is 4.74 Å². The summed E-state index contributed by atoms with van der Waals surface area (Å²) in [4.78, 5) is 4.03. The number of tetrazole rings is 1. The van der Waals surface area contributed by atoms with Gasteiger partial charge in [-0.3, -0.25) is 4.98 Å². The highest BCUT2D eigenvalue weighted by molar-refractivity contribution is 5.44. The van der Waals surface area contributed by atoms with E-state index < -0.39 is 6.10 Å². The molecule has 0 amide bonds. The monoisotopic (exact) mass is 286 g/mol. The highest BCUT2D eigenvalue weighted by Crippen LogP contribution is 2.18. The molecular formula is C13H14N6O2. The number of aromatic nitrogens is 5. The quantitative estimate of drug-likeness (QED) is 0.711. The molecule has 0 saturated carbocycles. The van der Waals surface area contributed by atoms with Crippen molar-refractivity contribution in [2.75, 3.05) is 19.0 Å². The van der Waals surface area contributed by atoms with Crippen LogP contribution in [0.15, 0.2) is 36.7 Å². The minimum atomic E-state index is -0.664. The predicted molar refractivity (Wildman–Crippen MR) is 75.0 cm³/mol. The zero-order valence-corrected chi connectivity index (χ0v) is 11.3. The second-order valence-electron chi connectivity index (χ2n) is 4.41. The fourth-order valence-electron chi connectivity index (χ4n) is 1.94. The Morgan fingerprint density at radius 2 is 2.10 bits per heavy atom. The summed E-state index contributed by atoms with van der Waals surface area (Å²) in [6.45, 7) is 0.312. The number of aliphatic hydroxyl groups is 1. The summed E-state index contributed by atoms with van der Waals surface area (Å²) in [7, 11) is 1.60. The maximum atomic E-state index is 10.2. The van der Waals surface area contributed by atoms with Gasteiger partial charge in [-0.25, -0.2) is 0 Å². The Labute approximate surface area is 120 Å². The largest absolute Gasteiger partial charge is 0.497 e. The van der Waals surface area contributed by atoms with E-state index in [1.807, 2.05) is 24.3 Å². The fourth-order valence-corrected chi connectivity index (χ4v) is 1.94. The molecule has 1 atom stereocenters. The van der Waals surface area contributed by atoms with Gasteiger partial charge in [-0.15, -0.1) is 5.10 Å². The first kappa shape index (κ1) is 13.3. The van der Waals surface area contributed by atoms with E-state index in [0.29, 0.717) is 18.0 Å². The average Bonchev–Trinajstić information content (AvgIpc) is 3.02. The summed E-state index contributed by atoms with van der Waals surface area (Å²) in [5.41, 5.74) is 1.33. The van der Waals surface area contributed by atoms with Crippen LogP contribution < -0.4 is 10.1 Å². The SMILES string of the molecule is COc1ccc([C@H](O)CNc2cncc3nnnn23)cc1. The summed E-state index contributed by atoms with van der Waals surface area (Å²) in [5, 5.41) is 24.5. The number of rotatable bonds is 5. The molecule has 3 rings (SSSR count). The van der Waals surface area contributed by atoms with Crippen LogP contribution in [0.25, 0.3) is 5.65 Å². The molecule has 0 aliphatic heterocycles. The van der Waals surface area contributed by atoms with Gasteiger partial charge in [-0.2, -0.15) is 4.52 Å². The van der Waals surface area contributed by atoms with Gasteiger partial charge in [0.15, 0.2) is 11.5 Å². The lowest BCUT2D eigenvalue weighted by Crippen LogP contribution is -2.14. The van der Waals surface area contributed by atoms with Gasteiger partial charge in [-0.05, 0) is 28.1 Å². The number of hydrogen-bond acceptors (Lipinski definition) is 7. The van der Waals surface area contributed by atoms with Crippen LogP contribution in [0.4, 0.5) is 5.82 Å².